The van der Waals surface area contributed by atoms with E-state index < -0.39 is 0 Å². The second-order valence-electron chi connectivity index (χ2n) is 5.74. The summed E-state index contributed by atoms with van der Waals surface area (Å²) in [4.78, 5) is 9.26. The molecule has 0 aromatic heterocycles. The zero-order chi connectivity index (χ0) is 16.0. The van der Waals surface area contributed by atoms with Crippen LogP contribution in [0, 0.1) is 0 Å². The fraction of sp³-hybridized carbons (Fsp3) is 0.938. The summed E-state index contributed by atoms with van der Waals surface area (Å²) in [6.45, 7) is 14.5. The molecule has 0 radical (unpaired) electrons. The van der Waals surface area contributed by atoms with Crippen LogP contribution in [0.15, 0.2) is 4.99 Å². The van der Waals surface area contributed by atoms with Crippen LogP contribution in [0.3, 0.4) is 0 Å². The average Bonchev–Trinajstić information content (AvgIpc) is 2.56. The van der Waals surface area contributed by atoms with Crippen LogP contribution in [0.5, 0.6) is 0 Å². The third kappa shape index (κ3) is 9.23. The number of unbranched alkanes of at least 4 members (excludes halogenated alkanes) is 1. The first-order valence-electron chi connectivity index (χ1n) is 8.82. The zero-order valence-corrected chi connectivity index (χ0v) is 14.5. The van der Waals surface area contributed by atoms with Gasteiger partial charge in [-0.1, -0.05) is 13.8 Å². The smallest absolute Gasteiger partial charge is 0.188 e. The molecule has 0 aliphatic carbocycles. The van der Waals surface area contributed by atoms with E-state index in [0.29, 0.717) is 5.96 Å². The Balaban J connectivity index is 1.96. The lowest BCUT2D eigenvalue weighted by molar-refractivity contribution is 0.0377. The molecule has 0 atom stereocenters. The van der Waals surface area contributed by atoms with E-state index in [1.54, 1.807) is 0 Å². The number of nitrogens with one attached hydrogen (secondary N) is 1. The largest absolute Gasteiger partial charge is 0.379 e. The summed E-state index contributed by atoms with van der Waals surface area (Å²) in [7, 11) is 0. The van der Waals surface area contributed by atoms with E-state index in [-0.39, 0.29) is 0 Å². The van der Waals surface area contributed by atoms with Crippen LogP contribution < -0.4 is 11.1 Å². The Morgan fingerprint density at radius 3 is 2.59 bits per heavy atom. The molecule has 130 valence electrons. The Morgan fingerprint density at radius 1 is 1.18 bits per heavy atom. The zero-order valence-electron chi connectivity index (χ0n) is 14.5. The van der Waals surface area contributed by atoms with Crippen molar-refractivity contribution in [1.29, 1.82) is 0 Å². The van der Waals surface area contributed by atoms with E-state index in [1.807, 2.05) is 0 Å². The first-order chi connectivity index (χ1) is 10.8. The maximum atomic E-state index is 5.88. The van der Waals surface area contributed by atoms with E-state index in [2.05, 4.69) is 34.0 Å². The van der Waals surface area contributed by atoms with Crippen molar-refractivity contribution in [3.8, 4) is 0 Å². The minimum absolute atomic E-state index is 0.588. The maximum Gasteiger partial charge on any atom is 0.188 e. The van der Waals surface area contributed by atoms with Crippen molar-refractivity contribution in [3.05, 3.63) is 0 Å². The van der Waals surface area contributed by atoms with E-state index in [9.17, 15) is 0 Å². The van der Waals surface area contributed by atoms with E-state index in [0.717, 1.165) is 71.9 Å². The highest BCUT2D eigenvalue weighted by Crippen LogP contribution is 1.98. The standard InChI is InChI=1S/C16H35N5O/c1-3-20(4-2)10-6-5-8-18-16(17)19-9-7-11-21-12-14-22-15-13-21/h3-15H2,1-2H3,(H3,17,18,19). The molecule has 0 spiro atoms. The van der Waals surface area contributed by atoms with Crippen molar-refractivity contribution in [2.45, 2.75) is 33.1 Å². The molecular formula is C16H35N5O. The highest BCUT2D eigenvalue weighted by Gasteiger charge is 2.08. The number of guanidine groups is 1. The number of aliphatic imine (C=N–C) groups is 1. The minimum atomic E-state index is 0.588. The van der Waals surface area contributed by atoms with Gasteiger partial charge in [0.25, 0.3) is 0 Å². The van der Waals surface area contributed by atoms with Crippen molar-refractivity contribution in [3.63, 3.8) is 0 Å². The molecule has 22 heavy (non-hydrogen) atoms. The lowest BCUT2D eigenvalue weighted by Gasteiger charge is -2.26. The van der Waals surface area contributed by atoms with Crippen LogP contribution in [0.4, 0.5) is 0 Å². The summed E-state index contributed by atoms with van der Waals surface area (Å²) in [6.07, 6.45) is 3.41. The van der Waals surface area contributed by atoms with Crippen LogP contribution in [-0.4, -0.2) is 81.3 Å². The topological polar surface area (TPSA) is 66.1 Å². The Hall–Kier alpha value is -0.850. The second kappa shape index (κ2) is 12.7. The number of hydrogen-bond acceptors (Lipinski definition) is 4. The Kier molecular flexibility index (Phi) is 11.1. The van der Waals surface area contributed by atoms with Gasteiger partial charge in [-0.15, -0.1) is 0 Å². The van der Waals surface area contributed by atoms with Gasteiger partial charge in [-0.25, -0.2) is 0 Å². The molecule has 0 aromatic carbocycles. The van der Waals surface area contributed by atoms with Gasteiger partial charge in [0.15, 0.2) is 5.96 Å². The monoisotopic (exact) mass is 313 g/mol. The predicted octanol–water partition coefficient (Wildman–Crippen LogP) is 0.735. The van der Waals surface area contributed by atoms with E-state index in [4.69, 9.17) is 10.5 Å². The Labute approximate surface area is 136 Å². The summed E-state index contributed by atoms with van der Waals surface area (Å²) >= 11 is 0. The first-order valence-corrected chi connectivity index (χ1v) is 8.82. The quantitative estimate of drug-likeness (QED) is 0.334. The van der Waals surface area contributed by atoms with Gasteiger partial charge in [0.05, 0.1) is 13.2 Å². The molecule has 1 fully saturated rings. The summed E-state index contributed by atoms with van der Waals surface area (Å²) in [5, 5.41) is 3.21. The average molecular weight is 313 g/mol. The Bertz CT molecular complexity index is 288. The molecule has 0 amide bonds. The molecule has 1 aliphatic heterocycles. The van der Waals surface area contributed by atoms with Crippen LogP contribution in [0.2, 0.25) is 0 Å². The molecule has 0 aromatic rings. The third-order valence-electron chi connectivity index (χ3n) is 4.12. The predicted molar refractivity (Wildman–Crippen MR) is 93.4 cm³/mol. The van der Waals surface area contributed by atoms with Gasteiger partial charge in [0, 0.05) is 32.7 Å². The van der Waals surface area contributed by atoms with Gasteiger partial charge in [-0.2, -0.15) is 0 Å². The summed E-state index contributed by atoms with van der Waals surface area (Å²) < 4.78 is 5.34. The summed E-state index contributed by atoms with van der Waals surface area (Å²) in [5.41, 5.74) is 5.88. The van der Waals surface area contributed by atoms with Crippen molar-refractivity contribution in [2.24, 2.45) is 10.7 Å². The highest BCUT2D eigenvalue weighted by molar-refractivity contribution is 5.77. The number of nitrogens with two attached hydrogens (primary N) is 1. The van der Waals surface area contributed by atoms with E-state index >= 15 is 0 Å². The van der Waals surface area contributed by atoms with Gasteiger partial charge in [-0.05, 0) is 38.9 Å². The van der Waals surface area contributed by atoms with Crippen LogP contribution in [0.25, 0.3) is 0 Å². The van der Waals surface area contributed by atoms with Gasteiger partial charge in [0.1, 0.15) is 0 Å². The molecule has 0 saturated carbocycles. The number of rotatable bonds is 11. The molecule has 1 aliphatic rings. The first kappa shape index (κ1) is 19.2. The molecular weight excluding hydrogens is 278 g/mol. The Morgan fingerprint density at radius 2 is 1.91 bits per heavy atom. The van der Waals surface area contributed by atoms with Crippen molar-refractivity contribution in [2.75, 3.05) is 65.6 Å². The van der Waals surface area contributed by atoms with Crippen LogP contribution >= 0.6 is 0 Å². The van der Waals surface area contributed by atoms with Crippen molar-refractivity contribution >= 4 is 5.96 Å². The SMILES string of the molecule is CCN(CC)CCCCNC(N)=NCCCN1CCOCC1. The van der Waals surface area contributed by atoms with Gasteiger partial charge in [0.2, 0.25) is 0 Å². The molecule has 1 saturated heterocycles. The van der Waals surface area contributed by atoms with Crippen molar-refractivity contribution in [1.82, 2.24) is 15.1 Å². The fourth-order valence-electron chi connectivity index (χ4n) is 2.59. The molecule has 6 heteroatoms. The van der Waals surface area contributed by atoms with Crippen LogP contribution in [0.1, 0.15) is 33.1 Å². The van der Waals surface area contributed by atoms with E-state index in [1.165, 1.54) is 13.0 Å². The number of hydrogen-bond donors (Lipinski definition) is 2. The molecule has 6 nitrogen and oxygen atoms in total. The number of nitrogens with zero attached hydrogens (tertiary/aromatic N) is 3. The van der Waals surface area contributed by atoms with Crippen LogP contribution in [-0.2, 0) is 4.74 Å². The van der Waals surface area contributed by atoms with Crippen molar-refractivity contribution < 1.29 is 4.74 Å². The van der Waals surface area contributed by atoms with Gasteiger partial charge < -0.3 is 20.7 Å². The third-order valence-corrected chi connectivity index (χ3v) is 4.12. The fourth-order valence-corrected chi connectivity index (χ4v) is 2.59. The number of morpholine rings is 1. The van der Waals surface area contributed by atoms with Gasteiger partial charge in [-0.3, -0.25) is 9.89 Å². The molecule has 1 rings (SSSR count). The lowest BCUT2D eigenvalue weighted by atomic mass is 10.3. The molecule has 3 N–H and O–H groups in total. The molecule has 0 bridgehead atoms. The minimum Gasteiger partial charge on any atom is -0.379 e. The normalized spacial score (nSPS) is 17.1. The maximum absolute atomic E-state index is 5.88. The number of ether oxygens (including phenoxy) is 1. The molecule has 1 heterocycles. The molecule has 0 unspecified atom stereocenters. The second-order valence-corrected chi connectivity index (χ2v) is 5.74. The van der Waals surface area contributed by atoms with Gasteiger partial charge >= 0.3 is 0 Å². The summed E-state index contributed by atoms with van der Waals surface area (Å²) in [5.74, 6) is 0.588. The highest BCUT2D eigenvalue weighted by atomic mass is 16.5. The summed E-state index contributed by atoms with van der Waals surface area (Å²) in [6, 6.07) is 0. The lowest BCUT2D eigenvalue weighted by Crippen LogP contribution is -2.37.